The van der Waals surface area contributed by atoms with Crippen LogP contribution in [0.4, 0.5) is 22.0 Å². The first-order valence-electron chi connectivity index (χ1n) is 10.0. The number of carboxylic acid groups (broad SMARTS) is 1. The molecule has 0 aliphatic heterocycles. The maximum absolute atomic E-state index is 13.2. The Bertz CT molecular complexity index is 1210. The van der Waals surface area contributed by atoms with Crippen molar-refractivity contribution in [3.63, 3.8) is 0 Å². The molecule has 0 bridgehead atoms. The van der Waals surface area contributed by atoms with E-state index in [1.807, 2.05) is 42.4 Å². The molecule has 11 heteroatoms. The Labute approximate surface area is 182 Å². The van der Waals surface area contributed by atoms with E-state index in [1.165, 1.54) is 0 Å². The largest absolute Gasteiger partial charge is 0.483 e. The van der Waals surface area contributed by atoms with Crippen LogP contribution in [-0.2, 0) is 4.79 Å². The van der Waals surface area contributed by atoms with Crippen LogP contribution < -0.4 is 10.2 Å². The normalized spacial score (nSPS) is 17.8. The summed E-state index contributed by atoms with van der Waals surface area (Å²) in [6, 6.07) is 9.57. The lowest BCUT2D eigenvalue weighted by atomic mass is 10.2. The second kappa shape index (κ2) is 9.00. The van der Waals surface area contributed by atoms with Gasteiger partial charge in [-0.05, 0) is 37.6 Å². The number of alkyl halides is 1. The van der Waals surface area contributed by atoms with Gasteiger partial charge in [0.1, 0.15) is 12.0 Å². The molecule has 0 spiro atoms. The number of fused-ring (bicyclic) bond motifs is 1. The number of hydrogen-bond acceptors (Lipinski definition) is 7. The van der Waals surface area contributed by atoms with Crippen molar-refractivity contribution in [1.29, 1.82) is 0 Å². The maximum Gasteiger partial charge on any atom is 0.290 e. The quantitative estimate of drug-likeness (QED) is 0.336. The minimum atomic E-state index is -0.761. The number of aromatic amines is 2. The summed E-state index contributed by atoms with van der Waals surface area (Å²) < 4.78 is 13.2. The molecule has 10 nitrogen and oxygen atoms in total. The molecule has 0 aromatic carbocycles. The SMILES string of the molecule is C[C@@H](c1ccc2[nH]ccc2n1)N(C)c1nccc(Nc2cc([C@@H]3C[C@@H]3F)[nH]n2)n1.O=CO. The lowest BCUT2D eigenvalue weighted by molar-refractivity contribution is -0.122. The van der Waals surface area contributed by atoms with Crippen LogP contribution in [-0.4, -0.2) is 54.9 Å². The van der Waals surface area contributed by atoms with Crippen molar-refractivity contribution in [2.75, 3.05) is 17.3 Å². The fourth-order valence-corrected chi connectivity index (χ4v) is 3.35. The van der Waals surface area contributed by atoms with E-state index in [9.17, 15) is 4.39 Å². The first-order chi connectivity index (χ1) is 15.5. The molecule has 0 amide bonds. The van der Waals surface area contributed by atoms with Crippen LogP contribution in [0.1, 0.15) is 36.7 Å². The van der Waals surface area contributed by atoms with Crippen molar-refractivity contribution in [2.24, 2.45) is 0 Å². The van der Waals surface area contributed by atoms with Crippen molar-refractivity contribution < 1.29 is 14.3 Å². The van der Waals surface area contributed by atoms with Crippen LogP contribution in [0.3, 0.4) is 0 Å². The molecule has 3 atom stereocenters. The van der Waals surface area contributed by atoms with Gasteiger partial charge in [0.15, 0.2) is 5.82 Å². The summed E-state index contributed by atoms with van der Waals surface area (Å²) >= 11 is 0. The van der Waals surface area contributed by atoms with Gasteiger partial charge in [-0.1, -0.05) is 0 Å². The molecule has 1 saturated carbocycles. The van der Waals surface area contributed by atoms with E-state index < -0.39 is 6.17 Å². The molecule has 4 aromatic rings. The fourth-order valence-electron chi connectivity index (χ4n) is 3.35. The lowest BCUT2D eigenvalue weighted by Crippen LogP contribution is -2.24. The van der Waals surface area contributed by atoms with Gasteiger partial charge in [-0.2, -0.15) is 10.1 Å². The summed E-state index contributed by atoms with van der Waals surface area (Å²) in [5.74, 6) is 1.74. The monoisotopic (exact) mass is 438 g/mol. The van der Waals surface area contributed by atoms with Crippen LogP contribution >= 0.6 is 0 Å². The first kappa shape index (κ1) is 21.2. The van der Waals surface area contributed by atoms with Crippen molar-refractivity contribution >= 4 is 35.1 Å². The first-order valence-corrected chi connectivity index (χ1v) is 10.0. The van der Waals surface area contributed by atoms with E-state index in [0.29, 0.717) is 24.0 Å². The van der Waals surface area contributed by atoms with Gasteiger partial charge in [0.2, 0.25) is 5.95 Å². The number of aromatic nitrogens is 6. The zero-order chi connectivity index (χ0) is 22.7. The van der Waals surface area contributed by atoms with Gasteiger partial charge in [-0.25, -0.2) is 14.4 Å². The van der Waals surface area contributed by atoms with Crippen molar-refractivity contribution in [3.8, 4) is 0 Å². The third-order valence-corrected chi connectivity index (χ3v) is 5.36. The van der Waals surface area contributed by atoms with Gasteiger partial charge in [0, 0.05) is 37.1 Å². The summed E-state index contributed by atoms with van der Waals surface area (Å²) in [7, 11) is 1.94. The van der Waals surface area contributed by atoms with Crippen LogP contribution in [0, 0.1) is 0 Å². The van der Waals surface area contributed by atoms with E-state index in [4.69, 9.17) is 14.9 Å². The van der Waals surface area contributed by atoms with E-state index in [0.717, 1.165) is 22.4 Å². The van der Waals surface area contributed by atoms with Gasteiger partial charge in [-0.3, -0.25) is 9.89 Å². The smallest absolute Gasteiger partial charge is 0.290 e. The average molecular weight is 438 g/mol. The topological polar surface area (TPSA) is 136 Å². The number of nitrogens with zero attached hydrogens (tertiary/aromatic N) is 5. The summed E-state index contributed by atoms with van der Waals surface area (Å²) in [5.41, 5.74) is 3.68. The van der Waals surface area contributed by atoms with Crippen molar-refractivity contribution in [1.82, 2.24) is 30.1 Å². The molecule has 4 aromatic heterocycles. The van der Waals surface area contributed by atoms with Gasteiger partial charge in [0.25, 0.3) is 6.47 Å². The minimum absolute atomic E-state index is 0.0158. The summed E-state index contributed by atoms with van der Waals surface area (Å²) in [5, 5.41) is 17.1. The van der Waals surface area contributed by atoms with Crippen LogP contribution in [0.25, 0.3) is 11.0 Å². The zero-order valence-corrected chi connectivity index (χ0v) is 17.5. The Kier molecular flexibility index (Phi) is 5.97. The number of pyridine rings is 1. The highest BCUT2D eigenvalue weighted by molar-refractivity contribution is 5.74. The number of halogens is 1. The molecule has 5 rings (SSSR count). The maximum atomic E-state index is 13.2. The molecular formula is C21H23FN8O2. The highest BCUT2D eigenvalue weighted by Crippen LogP contribution is 2.43. The van der Waals surface area contributed by atoms with E-state index >= 15 is 0 Å². The predicted molar refractivity (Wildman–Crippen MR) is 118 cm³/mol. The Hall–Kier alpha value is -4.02. The number of H-pyrrole nitrogens is 2. The van der Waals surface area contributed by atoms with Crippen molar-refractivity contribution in [3.05, 3.63) is 54.1 Å². The van der Waals surface area contributed by atoms with E-state index in [2.05, 4.69) is 37.4 Å². The summed E-state index contributed by atoms with van der Waals surface area (Å²) in [4.78, 5) is 27.2. The molecule has 166 valence electrons. The number of rotatable bonds is 6. The molecule has 0 radical (unpaired) electrons. The Morgan fingerprint density at radius 3 is 2.81 bits per heavy atom. The van der Waals surface area contributed by atoms with E-state index in [1.54, 1.807) is 12.3 Å². The number of hydrogen-bond donors (Lipinski definition) is 4. The average Bonchev–Trinajstić information content (AvgIpc) is 3.18. The second-order valence-electron chi connectivity index (χ2n) is 7.47. The minimum Gasteiger partial charge on any atom is -0.483 e. The Morgan fingerprint density at radius 2 is 2.06 bits per heavy atom. The number of nitrogens with one attached hydrogen (secondary N) is 3. The Balaban J connectivity index is 0.000000775. The molecule has 4 N–H and O–H groups in total. The third-order valence-electron chi connectivity index (χ3n) is 5.36. The molecular weight excluding hydrogens is 415 g/mol. The van der Waals surface area contributed by atoms with Gasteiger partial charge < -0.3 is 20.3 Å². The standard InChI is InChI=1S/C20H21FN8.CH2O2/c1-11(14-3-4-15-16(24-14)5-7-22-15)29(2)20-23-8-6-18(26-20)25-19-10-17(27-28-19)12-9-13(12)21;2-1-3/h3-8,10-13,22H,9H2,1-2H3,(H2,23,25,26,27,28);1H,(H,2,3)/t11-,12+,13-;/m0./s1. The molecule has 0 unspecified atom stereocenters. The molecule has 4 heterocycles. The van der Waals surface area contributed by atoms with Crippen LogP contribution in [0.2, 0.25) is 0 Å². The zero-order valence-electron chi connectivity index (χ0n) is 17.5. The van der Waals surface area contributed by atoms with Crippen LogP contribution in [0.5, 0.6) is 0 Å². The van der Waals surface area contributed by atoms with Crippen LogP contribution in [0.15, 0.2) is 42.7 Å². The summed E-state index contributed by atoms with van der Waals surface area (Å²) in [6.07, 6.45) is 3.38. The molecule has 1 aliphatic rings. The van der Waals surface area contributed by atoms with E-state index in [-0.39, 0.29) is 18.4 Å². The van der Waals surface area contributed by atoms with Gasteiger partial charge in [0.05, 0.1) is 22.8 Å². The highest BCUT2D eigenvalue weighted by Gasteiger charge is 2.40. The highest BCUT2D eigenvalue weighted by atomic mass is 19.1. The molecule has 0 saturated heterocycles. The fraction of sp³-hybridized carbons (Fsp3) is 0.286. The molecule has 1 aliphatic carbocycles. The Morgan fingerprint density at radius 1 is 1.28 bits per heavy atom. The predicted octanol–water partition coefficient (Wildman–Crippen LogP) is 3.54. The third kappa shape index (κ3) is 4.51. The lowest BCUT2D eigenvalue weighted by Gasteiger charge is -2.24. The van der Waals surface area contributed by atoms with Gasteiger partial charge >= 0.3 is 0 Å². The second-order valence-corrected chi connectivity index (χ2v) is 7.47. The van der Waals surface area contributed by atoms with Crippen molar-refractivity contribution in [2.45, 2.75) is 31.5 Å². The summed E-state index contributed by atoms with van der Waals surface area (Å²) in [6.45, 7) is 1.81. The number of carbonyl (C=O) groups is 1. The molecule has 32 heavy (non-hydrogen) atoms. The number of anilines is 3. The molecule has 1 fully saturated rings. The van der Waals surface area contributed by atoms with Gasteiger partial charge in [-0.15, -0.1) is 0 Å².